The number of rotatable bonds is 2. The highest BCUT2D eigenvalue weighted by atomic mass is 16.1. The minimum Gasteiger partial charge on any atom is -0.347 e. The zero-order valence-electron chi connectivity index (χ0n) is 7.24. The van der Waals surface area contributed by atoms with Gasteiger partial charge in [0.1, 0.15) is 5.69 Å². The predicted molar refractivity (Wildman–Crippen MR) is 50.3 cm³/mol. The quantitative estimate of drug-likeness (QED) is 0.716. The molecule has 3 heteroatoms. The minimum absolute atomic E-state index is 0.0712. The third-order valence-electron chi connectivity index (χ3n) is 1.55. The van der Waals surface area contributed by atoms with Gasteiger partial charge in [-0.15, -0.1) is 0 Å². The van der Waals surface area contributed by atoms with E-state index < -0.39 is 0 Å². The molecule has 12 heavy (non-hydrogen) atoms. The SMILES string of the molecule is CC=CN(C)c1ccc[nH]c1=O. The molecule has 0 atom stereocenters. The van der Waals surface area contributed by atoms with Crippen LogP contribution in [0.2, 0.25) is 0 Å². The average molecular weight is 164 g/mol. The predicted octanol–water partition coefficient (Wildman–Crippen LogP) is 1.34. The molecule has 0 aromatic carbocycles. The van der Waals surface area contributed by atoms with Crippen LogP contribution >= 0.6 is 0 Å². The molecule has 0 amide bonds. The molecule has 3 nitrogen and oxygen atoms in total. The summed E-state index contributed by atoms with van der Waals surface area (Å²) in [6.45, 7) is 1.91. The molecule has 0 unspecified atom stereocenters. The summed E-state index contributed by atoms with van der Waals surface area (Å²) in [7, 11) is 1.84. The number of nitrogens with zero attached hydrogens (tertiary/aromatic N) is 1. The monoisotopic (exact) mass is 164 g/mol. The first-order chi connectivity index (χ1) is 5.75. The molecular formula is C9H12N2O. The molecule has 0 aliphatic carbocycles. The minimum atomic E-state index is -0.0712. The summed E-state index contributed by atoms with van der Waals surface area (Å²) in [6, 6.07) is 3.58. The van der Waals surface area contributed by atoms with Crippen molar-refractivity contribution in [3.63, 3.8) is 0 Å². The fraction of sp³-hybridized carbons (Fsp3) is 0.222. The number of anilines is 1. The number of H-pyrrole nitrogens is 1. The van der Waals surface area contributed by atoms with Crippen molar-refractivity contribution >= 4 is 5.69 Å². The lowest BCUT2D eigenvalue weighted by molar-refractivity contribution is 1.13. The summed E-state index contributed by atoms with van der Waals surface area (Å²) < 4.78 is 0. The van der Waals surface area contributed by atoms with Gasteiger partial charge < -0.3 is 9.88 Å². The Kier molecular flexibility index (Phi) is 2.69. The van der Waals surface area contributed by atoms with E-state index >= 15 is 0 Å². The molecule has 1 heterocycles. The van der Waals surface area contributed by atoms with Crippen LogP contribution in [0.1, 0.15) is 6.92 Å². The lowest BCUT2D eigenvalue weighted by Crippen LogP contribution is -2.18. The largest absolute Gasteiger partial charge is 0.347 e. The van der Waals surface area contributed by atoms with Crippen LogP contribution in [0.15, 0.2) is 35.4 Å². The fourth-order valence-corrected chi connectivity index (χ4v) is 0.994. The Morgan fingerprint density at radius 3 is 2.92 bits per heavy atom. The number of hydrogen-bond acceptors (Lipinski definition) is 2. The molecule has 1 aromatic rings. The molecule has 0 bridgehead atoms. The standard InChI is InChI=1S/C9H12N2O/c1-3-7-11(2)8-5-4-6-10-9(8)12/h3-7H,1-2H3,(H,10,12). The Balaban J connectivity index is 3.03. The number of pyridine rings is 1. The van der Waals surface area contributed by atoms with E-state index in [1.807, 2.05) is 26.2 Å². The third kappa shape index (κ3) is 1.75. The number of allylic oxidation sites excluding steroid dienone is 1. The molecule has 1 rings (SSSR count). The number of aromatic nitrogens is 1. The molecule has 0 aliphatic rings. The highest BCUT2D eigenvalue weighted by Gasteiger charge is 1.99. The van der Waals surface area contributed by atoms with Crippen LogP contribution in [0.3, 0.4) is 0 Å². The molecule has 0 saturated heterocycles. The summed E-state index contributed by atoms with van der Waals surface area (Å²) in [5, 5.41) is 0. The summed E-state index contributed by atoms with van der Waals surface area (Å²) in [4.78, 5) is 15.6. The zero-order valence-corrected chi connectivity index (χ0v) is 7.24. The van der Waals surface area contributed by atoms with Crippen LogP contribution in [-0.2, 0) is 0 Å². The number of aromatic amines is 1. The molecule has 1 N–H and O–H groups in total. The summed E-state index contributed by atoms with van der Waals surface area (Å²) in [6.07, 6.45) is 5.34. The van der Waals surface area contributed by atoms with E-state index in [9.17, 15) is 4.79 Å². The van der Waals surface area contributed by atoms with Crippen LogP contribution in [0, 0.1) is 0 Å². The summed E-state index contributed by atoms with van der Waals surface area (Å²) in [5.74, 6) is 0. The molecule has 1 aromatic heterocycles. The lowest BCUT2D eigenvalue weighted by Gasteiger charge is -2.11. The first-order valence-corrected chi connectivity index (χ1v) is 3.79. The van der Waals surface area contributed by atoms with Crippen molar-refractivity contribution in [2.75, 3.05) is 11.9 Å². The second kappa shape index (κ2) is 3.76. The van der Waals surface area contributed by atoms with Gasteiger partial charge >= 0.3 is 0 Å². The van der Waals surface area contributed by atoms with Gasteiger partial charge in [-0.05, 0) is 25.3 Å². The van der Waals surface area contributed by atoms with Gasteiger partial charge in [-0.2, -0.15) is 0 Å². The normalized spacial score (nSPS) is 10.5. The van der Waals surface area contributed by atoms with Crippen molar-refractivity contribution < 1.29 is 0 Å². The molecule has 0 aliphatic heterocycles. The second-order valence-electron chi connectivity index (χ2n) is 2.48. The third-order valence-corrected chi connectivity index (χ3v) is 1.55. The molecule has 64 valence electrons. The Hall–Kier alpha value is -1.51. The molecule has 0 fully saturated rings. The lowest BCUT2D eigenvalue weighted by atomic mass is 10.4. The first-order valence-electron chi connectivity index (χ1n) is 3.79. The van der Waals surface area contributed by atoms with E-state index in [1.165, 1.54) is 0 Å². The Morgan fingerprint density at radius 1 is 1.58 bits per heavy atom. The van der Waals surface area contributed by atoms with Crippen LogP contribution in [0.5, 0.6) is 0 Å². The Morgan fingerprint density at radius 2 is 2.33 bits per heavy atom. The number of nitrogens with one attached hydrogen (secondary N) is 1. The van der Waals surface area contributed by atoms with Crippen LogP contribution in [0.4, 0.5) is 5.69 Å². The van der Waals surface area contributed by atoms with E-state index in [0.29, 0.717) is 5.69 Å². The first kappa shape index (κ1) is 8.59. The molecule has 0 spiro atoms. The summed E-state index contributed by atoms with van der Waals surface area (Å²) in [5.41, 5.74) is 0.578. The van der Waals surface area contributed by atoms with E-state index in [1.54, 1.807) is 23.2 Å². The van der Waals surface area contributed by atoms with Crippen molar-refractivity contribution in [1.82, 2.24) is 4.98 Å². The van der Waals surface area contributed by atoms with Crippen LogP contribution in [0.25, 0.3) is 0 Å². The van der Waals surface area contributed by atoms with Gasteiger partial charge in [-0.3, -0.25) is 4.79 Å². The van der Waals surface area contributed by atoms with Crippen LogP contribution in [-0.4, -0.2) is 12.0 Å². The fourth-order valence-electron chi connectivity index (χ4n) is 0.994. The second-order valence-corrected chi connectivity index (χ2v) is 2.48. The maximum absolute atomic E-state index is 11.2. The number of hydrogen-bond donors (Lipinski definition) is 1. The van der Waals surface area contributed by atoms with E-state index in [0.717, 1.165) is 0 Å². The summed E-state index contributed by atoms with van der Waals surface area (Å²) >= 11 is 0. The topological polar surface area (TPSA) is 36.1 Å². The average Bonchev–Trinajstić information content (AvgIpc) is 2.05. The molecular weight excluding hydrogens is 152 g/mol. The van der Waals surface area contributed by atoms with Gasteiger partial charge in [0.2, 0.25) is 0 Å². The van der Waals surface area contributed by atoms with Crippen molar-refractivity contribution in [2.45, 2.75) is 6.92 Å². The van der Waals surface area contributed by atoms with Crippen molar-refractivity contribution in [3.05, 3.63) is 41.0 Å². The highest BCUT2D eigenvalue weighted by Crippen LogP contribution is 2.03. The molecule has 0 saturated carbocycles. The maximum Gasteiger partial charge on any atom is 0.271 e. The van der Waals surface area contributed by atoms with Gasteiger partial charge in [-0.1, -0.05) is 6.08 Å². The van der Waals surface area contributed by atoms with Gasteiger partial charge in [0, 0.05) is 13.2 Å². The van der Waals surface area contributed by atoms with E-state index in [4.69, 9.17) is 0 Å². The van der Waals surface area contributed by atoms with Crippen molar-refractivity contribution in [1.29, 1.82) is 0 Å². The Labute approximate surface area is 71.3 Å². The van der Waals surface area contributed by atoms with E-state index in [-0.39, 0.29) is 5.56 Å². The maximum atomic E-state index is 11.2. The Bertz CT molecular complexity index is 327. The van der Waals surface area contributed by atoms with Gasteiger partial charge in [0.05, 0.1) is 0 Å². The van der Waals surface area contributed by atoms with Gasteiger partial charge in [0.15, 0.2) is 0 Å². The highest BCUT2D eigenvalue weighted by molar-refractivity contribution is 5.45. The van der Waals surface area contributed by atoms with E-state index in [2.05, 4.69) is 4.98 Å². The molecule has 0 radical (unpaired) electrons. The van der Waals surface area contributed by atoms with Crippen molar-refractivity contribution in [3.8, 4) is 0 Å². The smallest absolute Gasteiger partial charge is 0.271 e. The van der Waals surface area contributed by atoms with Crippen molar-refractivity contribution in [2.24, 2.45) is 0 Å². The van der Waals surface area contributed by atoms with Gasteiger partial charge in [-0.25, -0.2) is 0 Å². The van der Waals surface area contributed by atoms with Gasteiger partial charge in [0.25, 0.3) is 5.56 Å². The van der Waals surface area contributed by atoms with Crippen LogP contribution < -0.4 is 10.5 Å². The zero-order chi connectivity index (χ0) is 8.97.